The van der Waals surface area contributed by atoms with Crippen molar-refractivity contribution in [1.29, 1.82) is 0 Å². The van der Waals surface area contributed by atoms with E-state index < -0.39 is 0 Å². The van der Waals surface area contributed by atoms with Crippen LogP contribution in [0.3, 0.4) is 0 Å². The predicted molar refractivity (Wildman–Crippen MR) is 96.9 cm³/mol. The topological polar surface area (TPSA) is 0 Å². The average molecular weight is 290 g/mol. The second-order valence-electron chi connectivity index (χ2n) is 6.35. The standard InChI is InChI=1S/C22H26/c1-2-3-4-5-9-16-21-20-15-11-10-14-19(20)17-22(21)18-12-7-6-8-13-18/h6-8,10-15,17,21H,2-5,9,16H2,1H3. The van der Waals surface area contributed by atoms with Crippen LogP contribution in [0.5, 0.6) is 0 Å². The highest BCUT2D eigenvalue weighted by molar-refractivity contribution is 5.91. The van der Waals surface area contributed by atoms with Gasteiger partial charge < -0.3 is 0 Å². The van der Waals surface area contributed by atoms with Crippen LogP contribution in [0, 0.1) is 0 Å². The van der Waals surface area contributed by atoms with Gasteiger partial charge in [0.2, 0.25) is 0 Å². The number of hydrogen-bond acceptors (Lipinski definition) is 0. The minimum atomic E-state index is 0.584. The van der Waals surface area contributed by atoms with E-state index >= 15 is 0 Å². The van der Waals surface area contributed by atoms with E-state index in [4.69, 9.17) is 0 Å². The Hall–Kier alpha value is -1.82. The van der Waals surface area contributed by atoms with Gasteiger partial charge in [-0.3, -0.25) is 0 Å². The molecule has 1 unspecified atom stereocenters. The number of allylic oxidation sites excluding steroid dienone is 1. The lowest BCUT2D eigenvalue weighted by Crippen LogP contribution is -1.99. The third-order valence-corrected chi connectivity index (χ3v) is 4.76. The highest BCUT2D eigenvalue weighted by atomic mass is 14.3. The minimum Gasteiger partial charge on any atom is -0.0654 e. The first-order valence-electron chi connectivity index (χ1n) is 8.76. The third-order valence-electron chi connectivity index (χ3n) is 4.76. The maximum Gasteiger partial charge on any atom is 0.0101 e. The first-order chi connectivity index (χ1) is 10.9. The monoisotopic (exact) mass is 290 g/mol. The van der Waals surface area contributed by atoms with Crippen molar-refractivity contribution >= 4 is 11.6 Å². The summed E-state index contributed by atoms with van der Waals surface area (Å²) in [7, 11) is 0. The minimum absolute atomic E-state index is 0.584. The van der Waals surface area contributed by atoms with Crippen LogP contribution in [0.25, 0.3) is 11.6 Å². The molecule has 0 spiro atoms. The summed E-state index contributed by atoms with van der Waals surface area (Å²) in [5.41, 5.74) is 5.84. The Kier molecular flexibility index (Phi) is 5.11. The van der Waals surface area contributed by atoms with Gasteiger partial charge in [-0.1, -0.05) is 99.7 Å². The van der Waals surface area contributed by atoms with Gasteiger partial charge in [-0.05, 0) is 28.7 Å². The van der Waals surface area contributed by atoms with E-state index in [1.165, 1.54) is 60.8 Å². The van der Waals surface area contributed by atoms with E-state index in [0.29, 0.717) is 5.92 Å². The molecule has 0 heteroatoms. The van der Waals surface area contributed by atoms with Crippen LogP contribution in [0.1, 0.15) is 68.1 Å². The van der Waals surface area contributed by atoms with Crippen molar-refractivity contribution in [3.63, 3.8) is 0 Å². The molecular weight excluding hydrogens is 264 g/mol. The van der Waals surface area contributed by atoms with Crippen molar-refractivity contribution in [3.05, 3.63) is 71.3 Å². The fourth-order valence-corrected chi connectivity index (χ4v) is 3.57. The largest absolute Gasteiger partial charge is 0.0654 e. The first kappa shape index (κ1) is 15.1. The molecule has 1 aliphatic carbocycles. The molecule has 2 aromatic carbocycles. The maximum absolute atomic E-state index is 2.40. The third kappa shape index (κ3) is 3.32. The Morgan fingerprint density at radius 3 is 2.32 bits per heavy atom. The first-order valence-corrected chi connectivity index (χ1v) is 8.76. The zero-order chi connectivity index (χ0) is 15.2. The molecule has 0 nitrogen and oxygen atoms in total. The lowest BCUT2D eigenvalue weighted by molar-refractivity contribution is 0.592. The molecule has 0 N–H and O–H groups in total. The van der Waals surface area contributed by atoms with Crippen molar-refractivity contribution < 1.29 is 0 Å². The van der Waals surface area contributed by atoms with Gasteiger partial charge in [0, 0.05) is 5.92 Å². The molecule has 0 heterocycles. The zero-order valence-corrected chi connectivity index (χ0v) is 13.6. The van der Waals surface area contributed by atoms with Crippen LogP contribution in [-0.4, -0.2) is 0 Å². The van der Waals surface area contributed by atoms with E-state index in [2.05, 4.69) is 67.6 Å². The summed E-state index contributed by atoms with van der Waals surface area (Å²) >= 11 is 0. The number of fused-ring (bicyclic) bond motifs is 1. The molecule has 22 heavy (non-hydrogen) atoms. The lowest BCUT2D eigenvalue weighted by atomic mass is 9.87. The quantitative estimate of drug-likeness (QED) is 0.499. The Labute approximate surface area is 134 Å². The van der Waals surface area contributed by atoms with Gasteiger partial charge in [0.1, 0.15) is 0 Å². The second kappa shape index (κ2) is 7.45. The average Bonchev–Trinajstić information content (AvgIpc) is 2.94. The number of rotatable bonds is 7. The highest BCUT2D eigenvalue weighted by Crippen LogP contribution is 2.44. The molecule has 2 aromatic rings. The number of hydrogen-bond donors (Lipinski definition) is 0. The molecule has 1 atom stereocenters. The van der Waals surface area contributed by atoms with Crippen LogP contribution >= 0.6 is 0 Å². The molecule has 0 radical (unpaired) electrons. The van der Waals surface area contributed by atoms with E-state index in [1.54, 1.807) is 0 Å². The molecule has 3 rings (SSSR count). The van der Waals surface area contributed by atoms with Gasteiger partial charge in [0.25, 0.3) is 0 Å². The molecule has 0 aliphatic heterocycles. The molecular formula is C22H26. The molecule has 0 bridgehead atoms. The molecule has 0 saturated carbocycles. The van der Waals surface area contributed by atoms with Crippen molar-refractivity contribution in [1.82, 2.24) is 0 Å². The Balaban J connectivity index is 1.76. The summed E-state index contributed by atoms with van der Waals surface area (Å²) in [5.74, 6) is 0.584. The summed E-state index contributed by atoms with van der Waals surface area (Å²) < 4.78 is 0. The van der Waals surface area contributed by atoms with E-state index in [1.807, 2.05) is 0 Å². The fraction of sp³-hybridized carbons (Fsp3) is 0.364. The Morgan fingerprint density at radius 2 is 1.50 bits per heavy atom. The Morgan fingerprint density at radius 1 is 0.773 bits per heavy atom. The molecule has 0 fully saturated rings. The van der Waals surface area contributed by atoms with Gasteiger partial charge >= 0.3 is 0 Å². The van der Waals surface area contributed by atoms with Gasteiger partial charge in [0.05, 0.1) is 0 Å². The summed E-state index contributed by atoms with van der Waals surface area (Å²) in [6.45, 7) is 2.28. The summed E-state index contributed by atoms with van der Waals surface area (Å²) in [6, 6.07) is 19.8. The van der Waals surface area contributed by atoms with Crippen LogP contribution in [-0.2, 0) is 0 Å². The van der Waals surface area contributed by atoms with Crippen LogP contribution in [0.15, 0.2) is 54.6 Å². The zero-order valence-electron chi connectivity index (χ0n) is 13.6. The maximum atomic E-state index is 2.40. The number of benzene rings is 2. The second-order valence-corrected chi connectivity index (χ2v) is 6.35. The Bertz CT molecular complexity index is 621. The van der Waals surface area contributed by atoms with Crippen molar-refractivity contribution in [2.24, 2.45) is 0 Å². The van der Waals surface area contributed by atoms with Gasteiger partial charge in [-0.15, -0.1) is 0 Å². The summed E-state index contributed by atoms with van der Waals surface area (Å²) in [6.07, 6.45) is 10.5. The van der Waals surface area contributed by atoms with Gasteiger partial charge in [0.15, 0.2) is 0 Å². The fourth-order valence-electron chi connectivity index (χ4n) is 3.57. The van der Waals surface area contributed by atoms with Crippen molar-refractivity contribution in [2.45, 2.75) is 51.4 Å². The summed E-state index contributed by atoms with van der Waals surface area (Å²) in [4.78, 5) is 0. The summed E-state index contributed by atoms with van der Waals surface area (Å²) in [5, 5.41) is 0. The van der Waals surface area contributed by atoms with E-state index in [9.17, 15) is 0 Å². The molecule has 1 aliphatic rings. The van der Waals surface area contributed by atoms with E-state index in [0.717, 1.165) is 0 Å². The van der Waals surface area contributed by atoms with Crippen LogP contribution in [0.2, 0.25) is 0 Å². The lowest BCUT2D eigenvalue weighted by Gasteiger charge is -2.17. The molecule has 0 aromatic heterocycles. The SMILES string of the molecule is CCCCCCCC1C(c2ccccc2)=Cc2ccccc21. The van der Waals surface area contributed by atoms with Gasteiger partial charge in [-0.2, -0.15) is 0 Å². The number of unbranched alkanes of at least 4 members (excludes halogenated alkanes) is 4. The highest BCUT2D eigenvalue weighted by Gasteiger charge is 2.25. The van der Waals surface area contributed by atoms with Crippen molar-refractivity contribution in [2.75, 3.05) is 0 Å². The predicted octanol–water partition coefficient (Wildman–Crippen LogP) is 6.68. The molecule has 0 amide bonds. The van der Waals surface area contributed by atoms with E-state index in [-0.39, 0.29) is 0 Å². The van der Waals surface area contributed by atoms with Gasteiger partial charge in [-0.25, -0.2) is 0 Å². The smallest absolute Gasteiger partial charge is 0.0101 e. The molecule has 0 saturated heterocycles. The van der Waals surface area contributed by atoms with Crippen LogP contribution < -0.4 is 0 Å². The molecule has 114 valence electrons. The normalized spacial score (nSPS) is 16.4. The van der Waals surface area contributed by atoms with Crippen LogP contribution in [0.4, 0.5) is 0 Å². The van der Waals surface area contributed by atoms with Crippen molar-refractivity contribution in [3.8, 4) is 0 Å².